The number of para-hydroxylation sites is 1. The van der Waals surface area contributed by atoms with Crippen LogP contribution < -0.4 is 10.5 Å². The molecule has 0 fully saturated rings. The summed E-state index contributed by atoms with van der Waals surface area (Å²) in [7, 11) is 0. The van der Waals surface area contributed by atoms with E-state index in [0.717, 1.165) is 24.2 Å². The molecule has 1 aromatic heterocycles. The fourth-order valence-corrected chi connectivity index (χ4v) is 1.79. The molecule has 0 saturated carbocycles. The second-order valence-corrected chi connectivity index (χ2v) is 4.54. The number of nitrogens with two attached hydrogens (primary N) is 1. The molecule has 1 atom stereocenters. The molecule has 102 valence electrons. The Hall–Kier alpha value is -1.88. The van der Waals surface area contributed by atoms with Gasteiger partial charge in [-0.25, -0.2) is 0 Å². The summed E-state index contributed by atoms with van der Waals surface area (Å²) in [6.45, 7) is 4.23. The number of aryl methyl sites for hydroxylation is 1. The number of nitrogens with zero attached hydrogens (tertiary/aromatic N) is 2. The summed E-state index contributed by atoms with van der Waals surface area (Å²) in [5.74, 6) is 2.01. The first-order valence-electron chi connectivity index (χ1n) is 6.46. The van der Waals surface area contributed by atoms with E-state index in [2.05, 4.69) is 10.1 Å². The van der Waals surface area contributed by atoms with Gasteiger partial charge in [-0.15, -0.1) is 0 Å². The SMILES string of the molecule is CCc1noc(COc2ccccc2CC(C)N)n1. The number of rotatable bonds is 6. The van der Waals surface area contributed by atoms with Gasteiger partial charge in [0.25, 0.3) is 5.89 Å². The van der Waals surface area contributed by atoms with E-state index in [-0.39, 0.29) is 12.6 Å². The van der Waals surface area contributed by atoms with Gasteiger partial charge in [-0.3, -0.25) is 0 Å². The van der Waals surface area contributed by atoms with Crippen LogP contribution in [-0.4, -0.2) is 16.2 Å². The first-order chi connectivity index (χ1) is 9.19. The second-order valence-electron chi connectivity index (χ2n) is 4.54. The summed E-state index contributed by atoms with van der Waals surface area (Å²) in [6, 6.07) is 7.95. The third-order valence-electron chi connectivity index (χ3n) is 2.69. The molecule has 5 heteroatoms. The predicted molar refractivity (Wildman–Crippen MR) is 71.8 cm³/mol. The normalized spacial score (nSPS) is 12.4. The van der Waals surface area contributed by atoms with Crippen LogP contribution in [0.2, 0.25) is 0 Å². The fraction of sp³-hybridized carbons (Fsp3) is 0.429. The fourth-order valence-electron chi connectivity index (χ4n) is 1.79. The molecule has 0 aliphatic heterocycles. The average Bonchev–Trinajstić information content (AvgIpc) is 2.85. The van der Waals surface area contributed by atoms with Crippen LogP contribution >= 0.6 is 0 Å². The molecule has 19 heavy (non-hydrogen) atoms. The third-order valence-corrected chi connectivity index (χ3v) is 2.69. The Balaban J connectivity index is 2.02. The van der Waals surface area contributed by atoms with Gasteiger partial charge >= 0.3 is 0 Å². The zero-order valence-electron chi connectivity index (χ0n) is 11.3. The van der Waals surface area contributed by atoms with Crippen LogP contribution in [-0.2, 0) is 19.4 Å². The molecule has 0 aliphatic carbocycles. The first kappa shape index (κ1) is 13.5. The van der Waals surface area contributed by atoms with E-state index in [4.69, 9.17) is 15.0 Å². The van der Waals surface area contributed by atoms with Gasteiger partial charge in [-0.05, 0) is 25.0 Å². The molecule has 0 saturated heterocycles. The van der Waals surface area contributed by atoms with Gasteiger partial charge in [-0.2, -0.15) is 4.98 Å². The summed E-state index contributed by atoms with van der Waals surface area (Å²) < 4.78 is 10.8. The van der Waals surface area contributed by atoms with Gasteiger partial charge in [-0.1, -0.05) is 30.3 Å². The van der Waals surface area contributed by atoms with Crippen molar-refractivity contribution in [1.29, 1.82) is 0 Å². The van der Waals surface area contributed by atoms with Crippen molar-refractivity contribution in [2.75, 3.05) is 0 Å². The average molecular weight is 261 g/mol. The molecule has 1 unspecified atom stereocenters. The lowest BCUT2D eigenvalue weighted by Gasteiger charge is -2.11. The summed E-state index contributed by atoms with van der Waals surface area (Å²) in [4.78, 5) is 4.21. The Labute approximate surface area is 112 Å². The van der Waals surface area contributed by atoms with E-state index < -0.39 is 0 Å². The minimum atomic E-state index is 0.0971. The topological polar surface area (TPSA) is 74.2 Å². The highest BCUT2D eigenvalue weighted by Gasteiger charge is 2.09. The van der Waals surface area contributed by atoms with Crippen LogP contribution in [0.15, 0.2) is 28.8 Å². The van der Waals surface area contributed by atoms with Crippen molar-refractivity contribution in [3.05, 3.63) is 41.5 Å². The maximum absolute atomic E-state index is 5.83. The number of hydrogen-bond donors (Lipinski definition) is 1. The van der Waals surface area contributed by atoms with Crippen molar-refractivity contribution in [3.8, 4) is 5.75 Å². The first-order valence-corrected chi connectivity index (χ1v) is 6.46. The Kier molecular flexibility index (Phi) is 4.52. The number of hydrogen-bond acceptors (Lipinski definition) is 5. The smallest absolute Gasteiger partial charge is 0.264 e. The zero-order chi connectivity index (χ0) is 13.7. The maximum Gasteiger partial charge on any atom is 0.264 e. The van der Waals surface area contributed by atoms with Gasteiger partial charge in [0, 0.05) is 12.5 Å². The van der Waals surface area contributed by atoms with Gasteiger partial charge in [0.05, 0.1) is 0 Å². The van der Waals surface area contributed by atoms with E-state index in [0.29, 0.717) is 11.7 Å². The standard InChI is InChI=1S/C14H19N3O2/c1-3-13-16-14(19-17-13)9-18-12-7-5-4-6-11(12)8-10(2)15/h4-7,10H,3,8-9,15H2,1-2H3. The molecule has 0 radical (unpaired) electrons. The third kappa shape index (κ3) is 3.79. The molecular weight excluding hydrogens is 242 g/mol. The minimum Gasteiger partial charge on any atom is -0.483 e. The Bertz CT molecular complexity index is 523. The summed E-state index contributed by atoms with van der Waals surface area (Å²) in [5.41, 5.74) is 6.92. The maximum atomic E-state index is 5.83. The zero-order valence-corrected chi connectivity index (χ0v) is 11.3. The molecule has 2 aromatic rings. The lowest BCUT2D eigenvalue weighted by Crippen LogP contribution is -2.18. The summed E-state index contributed by atoms with van der Waals surface area (Å²) >= 11 is 0. The predicted octanol–water partition coefficient (Wildman–Crippen LogP) is 2.10. The quantitative estimate of drug-likeness (QED) is 0.862. The Morgan fingerprint density at radius 2 is 2.16 bits per heavy atom. The van der Waals surface area contributed by atoms with Crippen LogP contribution in [0.25, 0.3) is 0 Å². The largest absolute Gasteiger partial charge is 0.483 e. The van der Waals surface area contributed by atoms with Gasteiger partial charge in [0.2, 0.25) is 0 Å². The number of ether oxygens (including phenoxy) is 1. The van der Waals surface area contributed by atoms with E-state index >= 15 is 0 Å². The van der Waals surface area contributed by atoms with Crippen LogP contribution in [0.3, 0.4) is 0 Å². The van der Waals surface area contributed by atoms with Crippen molar-refractivity contribution in [2.24, 2.45) is 5.73 Å². The van der Waals surface area contributed by atoms with Crippen molar-refractivity contribution < 1.29 is 9.26 Å². The highest BCUT2D eigenvalue weighted by molar-refractivity contribution is 5.33. The summed E-state index contributed by atoms with van der Waals surface area (Å²) in [6.07, 6.45) is 1.53. The van der Waals surface area contributed by atoms with E-state index in [1.807, 2.05) is 38.1 Å². The van der Waals surface area contributed by atoms with Crippen LogP contribution in [0.1, 0.15) is 31.1 Å². The Morgan fingerprint density at radius 1 is 1.37 bits per heavy atom. The molecule has 1 aromatic carbocycles. The van der Waals surface area contributed by atoms with Crippen molar-refractivity contribution >= 4 is 0 Å². The van der Waals surface area contributed by atoms with Crippen molar-refractivity contribution in [2.45, 2.75) is 39.3 Å². The number of benzene rings is 1. The highest BCUT2D eigenvalue weighted by atomic mass is 16.5. The molecular formula is C14H19N3O2. The molecule has 0 bridgehead atoms. The highest BCUT2D eigenvalue weighted by Crippen LogP contribution is 2.20. The van der Waals surface area contributed by atoms with Gasteiger partial charge in [0.15, 0.2) is 12.4 Å². The lowest BCUT2D eigenvalue weighted by atomic mass is 10.1. The Morgan fingerprint density at radius 3 is 2.84 bits per heavy atom. The van der Waals surface area contributed by atoms with Crippen molar-refractivity contribution in [3.63, 3.8) is 0 Å². The molecule has 5 nitrogen and oxygen atoms in total. The summed E-state index contributed by atoms with van der Waals surface area (Å²) in [5, 5.41) is 3.83. The van der Waals surface area contributed by atoms with E-state index in [9.17, 15) is 0 Å². The monoisotopic (exact) mass is 261 g/mol. The van der Waals surface area contributed by atoms with Gasteiger partial charge < -0.3 is 15.0 Å². The molecule has 2 rings (SSSR count). The van der Waals surface area contributed by atoms with Crippen LogP contribution in [0.5, 0.6) is 5.75 Å². The van der Waals surface area contributed by atoms with Crippen molar-refractivity contribution in [1.82, 2.24) is 10.1 Å². The molecule has 0 amide bonds. The number of aromatic nitrogens is 2. The molecule has 0 aliphatic rings. The molecule has 2 N–H and O–H groups in total. The second kappa shape index (κ2) is 6.33. The molecule has 1 heterocycles. The minimum absolute atomic E-state index is 0.0971. The lowest BCUT2D eigenvalue weighted by molar-refractivity contribution is 0.240. The van der Waals surface area contributed by atoms with E-state index in [1.165, 1.54) is 0 Å². The van der Waals surface area contributed by atoms with Crippen LogP contribution in [0, 0.1) is 0 Å². The van der Waals surface area contributed by atoms with E-state index in [1.54, 1.807) is 0 Å². The van der Waals surface area contributed by atoms with Gasteiger partial charge in [0.1, 0.15) is 5.75 Å². The molecule has 0 spiro atoms. The van der Waals surface area contributed by atoms with Crippen LogP contribution in [0.4, 0.5) is 0 Å².